The van der Waals surface area contributed by atoms with Gasteiger partial charge in [-0.1, -0.05) is 39.0 Å². The molecule has 2 unspecified atom stereocenters. The van der Waals surface area contributed by atoms with Crippen molar-refractivity contribution in [3.8, 4) is 0 Å². The van der Waals surface area contributed by atoms with E-state index in [1.54, 1.807) is 36.5 Å². The largest absolute Gasteiger partial charge is 0.370 e. The van der Waals surface area contributed by atoms with E-state index >= 15 is 0 Å². The van der Waals surface area contributed by atoms with Crippen LogP contribution in [0.25, 0.3) is 0 Å². The zero-order chi connectivity index (χ0) is 17.3. The minimum atomic E-state index is -3.53. The molecule has 0 radical (unpaired) electrons. The van der Waals surface area contributed by atoms with Crippen molar-refractivity contribution in [1.29, 1.82) is 0 Å². The lowest BCUT2D eigenvalue weighted by atomic mass is 10.0. The van der Waals surface area contributed by atoms with Crippen LogP contribution in [0.15, 0.2) is 46.4 Å². The maximum Gasteiger partial charge on any atom is 0.195 e. The van der Waals surface area contributed by atoms with Crippen LogP contribution in [0.3, 0.4) is 0 Å². The molecule has 2 atom stereocenters. The van der Waals surface area contributed by atoms with E-state index in [-0.39, 0.29) is 16.8 Å². The summed E-state index contributed by atoms with van der Waals surface area (Å²) in [5, 5.41) is 2.26. The third-order valence-corrected chi connectivity index (χ3v) is 6.69. The molecule has 6 nitrogen and oxygen atoms in total. The lowest BCUT2D eigenvalue weighted by Crippen LogP contribution is -2.43. The maximum atomic E-state index is 13.1. The zero-order valence-electron chi connectivity index (χ0n) is 13.7. The van der Waals surface area contributed by atoms with E-state index in [4.69, 9.17) is 11.5 Å². The molecular formula is C16H24N4O2S. The highest BCUT2D eigenvalue weighted by Crippen LogP contribution is 2.33. The molecule has 1 aromatic rings. The number of rotatable bonds is 5. The second-order valence-electron chi connectivity index (χ2n) is 6.03. The summed E-state index contributed by atoms with van der Waals surface area (Å²) in [5.74, 6) is 0.155. The molecule has 1 aliphatic heterocycles. The molecule has 1 aromatic carbocycles. The van der Waals surface area contributed by atoms with Gasteiger partial charge in [0, 0.05) is 11.8 Å². The van der Waals surface area contributed by atoms with Gasteiger partial charge in [0.25, 0.3) is 0 Å². The number of benzene rings is 1. The van der Waals surface area contributed by atoms with Crippen molar-refractivity contribution >= 4 is 15.8 Å². The van der Waals surface area contributed by atoms with Crippen LogP contribution in [0, 0.1) is 5.92 Å². The van der Waals surface area contributed by atoms with E-state index < -0.39 is 20.8 Å². The second-order valence-corrected chi connectivity index (χ2v) is 8.17. The SMILES string of the molecule is CCC(C(C)C)S(=O)(=O)c1ccccc1C1(N)C=CNC(N)=N1. The quantitative estimate of drug-likeness (QED) is 0.753. The number of nitrogens with one attached hydrogen (secondary N) is 1. The minimum Gasteiger partial charge on any atom is -0.370 e. The first-order valence-corrected chi connectivity index (χ1v) is 9.19. The molecule has 0 aromatic heterocycles. The summed E-state index contributed by atoms with van der Waals surface area (Å²) >= 11 is 0. The molecule has 0 spiro atoms. The van der Waals surface area contributed by atoms with Crippen molar-refractivity contribution in [3.63, 3.8) is 0 Å². The Labute approximate surface area is 137 Å². The maximum absolute atomic E-state index is 13.1. The molecule has 0 fully saturated rings. The molecular weight excluding hydrogens is 312 g/mol. The summed E-state index contributed by atoms with van der Waals surface area (Å²) in [5.41, 5.74) is 11.2. The third-order valence-electron chi connectivity index (χ3n) is 4.04. The fourth-order valence-electron chi connectivity index (χ4n) is 2.93. The first-order valence-electron chi connectivity index (χ1n) is 7.64. The molecule has 2 rings (SSSR count). The summed E-state index contributed by atoms with van der Waals surface area (Å²) in [6.07, 6.45) is 3.72. The van der Waals surface area contributed by atoms with Gasteiger partial charge < -0.3 is 11.1 Å². The number of hydrogen-bond donors (Lipinski definition) is 3. The number of hydrogen-bond acceptors (Lipinski definition) is 6. The first kappa shape index (κ1) is 17.5. The Morgan fingerprint density at radius 1 is 1.30 bits per heavy atom. The van der Waals surface area contributed by atoms with Crippen molar-refractivity contribution in [1.82, 2.24) is 5.32 Å². The highest BCUT2D eigenvalue weighted by molar-refractivity contribution is 7.92. The fraction of sp³-hybridized carbons (Fsp3) is 0.438. The molecule has 23 heavy (non-hydrogen) atoms. The number of nitrogens with two attached hydrogens (primary N) is 2. The number of nitrogens with zero attached hydrogens (tertiary/aromatic N) is 1. The second kappa shape index (κ2) is 6.33. The van der Waals surface area contributed by atoms with E-state index in [1.165, 1.54) is 0 Å². The molecule has 1 aliphatic rings. The Morgan fingerprint density at radius 3 is 2.52 bits per heavy atom. The molecule has 0 bridgehead atoms. The van der Waals surface area contributed by atoms with Gasteiger partial charge in [-0.3, -0.25) is 5.73 Å². The summed E-state index contributed by atoms with van der Waals surface area (Å²) in [7, 11) is -3.53. The fourth-order valence-corrected chi connectivity index (χ4v) is 5.22. The Kier molecular flexibility index (Phi) is 4.81. The van der Waals surface area contributed by atoms with E-state index in [2.05, 4.69) is 10.3 Å². The van der Waals surface area contributed by atoms with Gasteiger partial charge in [0.05, 0.1) is 10.1 Å². The van der Waals surface area contributed by atoms with Crippen molar-refractivity contribution in [2.75, 3.05) is 0 Å². The van der Waals surface area contributed by atoms with E-state index in [1.807, 2.05) is 20.8 Å². The van der Waals surface area contributed by atoms with Crippen LogP contribution in [0.1, 0.15) is 32.8 Å². The van der Waals surface area contributed by atoms with Crippen LogP contribution in [-0.2, 0) is 15.5 Å². The summed E-state index contributed by atoms with van der Waals surface area (Å²) in [6.45, 7) is 5.70. The molecule has 7 heteroatoms. The van der Waals surface area contributed by atoms with Crippen LogP contribution in [0.5, 0.6) is 0 Å². The van der Waals surface area contributed by atoms with Crippen LogP contribution < -0.4 is 16.8 Å². The van der Waals surface area contributed by atoms with Gasteiger partial charge in [0.1, 0.15) is 0 Å². The van der Waals surface area contributed by atoms with Gasteiger partial charge in [-0.15, -0.1) is 0 Å². The lowest BCUT2D eigenvalue weighted by molar-refractivity contribution is 0.514. The van der Waals surface area contributed by atoms with Gasteiger partial charge >= 0.3 is 0 Å². The van der Waals surface area contributed by atoms with Crippen molar-refractivity contribution < 1.29 is 8.42 Å². The molecule has 0 aliphatic carbocycles. The monoisotopic (exact) mass is 336 g/mol. The third kappa shape index (κ3) is 3.25. The summed E-state index contributed by atoms with van der Waals surface area (Å²) < 4.78 is 26.2. The molecule has 5 N–H and O–H groups in total. The summed E-state index contributed by atoms with van der Waals surface area (Å²) in [6, 6.07) is 6.73. The van der Waals surface area contributed by atoms with E-state index in [0.29, 0.717) is 12.0 Å². The molecule has 0 amide bonds. The standard InChI is InChI=1S/C16H24N4O2S/c1-4-13(11(2)3)23(21,22)14-8-6-5-7-12(14)16(18)9-10-19-15(17)20-16/h5-11,13H,4,18H2,1-3H3,(H3,17,19,20). The topological polar surface area (TPSA) is 111 Å². The first-order chi connectivity index (χ1) is 10.7. The van der Waals surface area contributed by atoms with Gasteiger partial charge in [-0.05, 0) is 24.5 Å². The molecule has 0 saturated carbocycles. The van der Waals surface area contributed by atoms with Crippen LogP contribution in [-0.4, -0.2) is 19.6 Å². The average Bonchev–Trinajstić information content (AvgIpc) is 2.47. The predicted molar refractivity (Wildman–Crippen MR) is 92.3 cm³/mol. The smallest absolute Gasteiger partial charge is 0.195 e. The number of guanidine groups is 1. The Hall–Kier alpha value is -1.86. The van der Waals surface area contributed by atoms with Crippen LogP contribution >= 0.6 is 0 Å². The van der Waals surface area contributed by atoms with Gasteiger partial charge in [0.2, 0.25) is 0 Å². The van der Waals surface area contributed by atoms with Gasteiger partial charge in [0.15, 0.2) is 21.5 Å². The van der Waals surface area contributed by atoms with E-state index in [0.717, 1.165) is 0 Å². The molecule has 0 saturated heterocycles. The van der Waals surface area contributed by atoms with Crippen LogP contribution in [0.4, 0.5) is 0 Å². The summed E-state index contributed by atoms with van der Waals surface area (Å²) in [4.78, 5) is 4.41. The average molecular weight is 336 g/mol. The van der Waals surface area contributed by atoms with Crippen molar-refractivity contribution in [3.05, 3.63) is 42.1 Å². The number of sulfone groups is 1. The van der Waals surface area contributed by atoms with Gasteiger partial charge in [-0.2, -0.15) is 0 Å². The van der Waals surface area contributed by atoms with E-state index in [9.17, 15) is 8.42 Å². The van der Waals surface area contributed by atoms with Gasteiger partial charge in [-0.25, -0.2) is 13.4 Å². The predicted octanol–water partition coefficient (Wildman–Crippen LogP) is 1.44. The highest BCUT2D eigenvalue weighted by atomic mass is 32.2. The normalized spacial score (nSPS) is 22.6. The zero-order valence-corrected chi connectivity index (χ0v) is 14.5. The van der Waals surface area contributed by atoms with Crippen LogP contribution in [0.2, 0.25) is 0 Å². The lowest BCUT2D eigenvalue weighted by Gasteiger charge is -2.29. The van der Waals surface area contributed by atoms with Crippen molar-refractivity contribution in [2.45, 2.75) is 43.0 Å². The van der Waals surface area contributed by atoms with Crippen molar-refractivity contribution in [2.24, 2.45) is 22.4 Å². The Balaban J connectivity index is 2.63. The minimum absolute atomic E-state index is 0.00363. The Bertz CT molecular complexity index is 740. The Morgan fingerprint density at radius 2 is 1.96 bits per heavy atom. The number of aliphatic imine (C=N–C) groups is 1. The molecule has 1 heterocycles. The highest BCUT2D eigenvalue weighted by Gasteiger charge is 2.36. The molecule has 126 valence electrons.